The largest absolute Gasteiger partial charge is 0.497 e. The summed E-state index contributed by atoms with van der Waals surface area (Å²) in [5.74, 6) is 0.0772. The van der Waals surface area contributed by atoms with E-state index in [0.717, 1.165) is 0 Å². The Morgan fingerprint density at radius 1 is 1.04 bits per heavy atom. The molecular formula is C17H17ClN2O4. The van der Waals surface area contributed by atoms with E-state index in [1.807, 2.05) is 0 Å². The molecule has 0 fully saturated rings. The lowest BCUT2D eigenvalue weighted by Gasteiger charge is -2.16. The van der Waals surface area contributed by atoms with E-state index in [9.17, 15) is 9.59 Å². The number of hydrogen-bond acceptors (Lipinski definition) is 4. The first kappa shape index (κ1) is 17.6. The minimum absolute atomic E-state index is 0.385. The van der Waals surface area contributed by atoms with Crippen LogP contribution in [0.1, 0.15) is 17.3 Å². The Balaban J connectivity index is 1.87. The maximum absolute atomic E-state index is 12.0. The van der Waals surface area contributed by atoms with E-state index in [1.165, 1.54) is 7.11 Å². The van der Waals surface area contributed by atoms with Crippen LogP contribution in [0.5, 0.6) is 11.5 Å². The quantitative estimate of drug-likeness (QED) is 0.814. The minimum atomic E-state index is -0.832. The van der Waals surface area contributed by atoms with Gasteiger partial charge in [-0.15, -0.1) is 0 Å². The van der Waals surface area contributed by atoms with Crippen LogP contribution in [0.15, 0.2) is 48.5 Å². The highest BCUT2D eigenvalue weighted by Gasteiger charge is 2.17. The third-order valence-corrected chi connectivity index (χ3v) is 3.47. The first-order valence-electron chi connectivity index (χ1n) is 7.16. The Kier molecular flexibility index (Phi) is 6.03. The highest BCUT2D eigenvalue weighted by Crippen LogP contribution is 2.24. The molecule has 2 amide bonds. The number of para-hydroxylation sites is 1. The summed E-state index contributed by atoms with van der Waals surface area (Å²) >= 11 is 5.97. The van der Waals surface area contributed by atoms with Gasteiger partial charge in [0.1, 0.15) is 11.5 Å². The Morgan fingerprint density at radius 2 is 1.71 bits per heavy atom. The summed E-state index contributed by atoms with van der Waals surface area (Å²) in [5.41, 5.74) is 5.02. The van der Waals surface area contributed by atoms with Crippen molar-refractivity contribution >= 4 is 23.4 Å². The molecule has 2 N–H and O–H groups in total. The number of nitrogens with one attached hydrogen (secondary N) is 2. The molecule has 2 aromatic rings. The molecule has 0 aromatic heterocycles. The highest BCUT2D eigenvalue weighted by atomic mass is 35.5. The third-order valence-electron chi connectivity index (χ3n) is 3.16. The van der Waals surface area contributed by atoms with Gasteiger partial charge in [0.05, 0.1) is 12.1 Å². The van der Waals surface area contributed by atoms with Crippen LogP contribution in [0.25, 0.3) is 0 Å². The smallest absolute Gasteiger partial charge is 0.279 e. The molecule has 1 unspecified atom stereocenters. The first-order valence-corrected chi connectivity index (χ1v) is 7.54. The van der Waals surface area contributed by atoms with E-state index < -0.39 is 17.9 Å². The lowest BCUT2D eigenvalue weighted by atomic mass is 10.2. The van der Waals surface area contributed by atoms with Gasteiger partial charge in [0.25, 0.3) is 11.8 Å². The molecule has 2 rings (SSSR count). The van der Waals surface area contributed by atoms with Crippen molar-refractivity contribution in [2.24, 2.45) is 0 Å². The first-order chi connectivity index (χ1) is 11.5. The monoisotopic (exact) mass is 348 g/mol. The van der Waals surface area contributed by atoms with E-state index in [2.05, 4.69) is 10.9 Å². The summed E-state index contributed by atoms with van der Waals surface area (Å²) in [5, 5.41) is 0.402. The van der Waals surface area contributed by atoms with E-state index >= 15 is 0 Å². The molecule has 0 spiro atoms. The number of carbonyl (C=O) groups is 2. The molecule has 24 heavy (non-hydrogen) atoms. The van der Waals surface area contributed by atoms with Crippen LogP contribution in [0.3, 0.4) is 0 Å². The van der Waals surface area contributed by atoms with Gasteiger partial charge < -0.3 is 9.47 Å². The average Bonchev–Trinajstić information content (AvgIpc) is 2.61. The van der Waals surface area contributed by atoms with Crippen molar-refractivity contribution in [1.29, 1.82) is 0 Å². The number of amides is 2. The van der Waals surface area contributed by atoms with Crippen molar-refractivity contribution in [2.75, 3.05) is 7.11 Å². The van der Waals surface area contributed by atoms with Gasteiger partial charge in [0.2, 0.25) is 0 Å². The van der Waals surface area contributed by atoms with Crippen molar-refractivity contribution < 1.29 is 19.1 Å². The Bertz CT molecular complexity index is 719. The fourth-order valence-electron chi connectivity index (χ4n) is 1.82. The van der Waals surface area contributed by atoms with Crippen molar-refractivity contribution in [2.45, 2.75) is 13.0 Å². The van der Waals surface area contributed by atoms with Crippen LogP contribution < -0.4 is 20.3 Å². The standard InChI is InChI=1S/C17H17ClN2O4/c1-11(24-15-6-4-3-5-14(15)18)16(21)19-20-17(22)12-7-9-13(23-2)10-8-12/h3-11H,1-2H3,(H,19,21)(H,20,22). The maximum atomic E-state index is 12.0. The number of halogens is 1. The van der Waals surface area contributed by atoms with Crippen molar-refractivity contribution in [1.82, 2.24) is 10.9 Å². The molecular weight excluding hydrogens is 332 g/mol. The molecule has 2 aromatic carbocycles. The molecule has 0 bridgehead atoms. The van der Waals surface area contributed by atoms with Crippen LogP contribution in [-0.4, -0.2) is 25.0 Å². The SMILES string of the molecule is COc1ccc(C(=O)NNC(=O)C(C)Oc2ccccc2Cl)cc1. The summed E-state index contributed by atoms with van der Waals surface area (Å²) in [7, 11) is 1.54. The molecule has 0 saturated carbocycles. The second-order valence-electron chi connectivity index (χ2n) is 4.86. The highest BCUT2D eigenvalue weighted by molar-refractivity contribution is 6.32. The Hall–Kier alpha value is -2.73. The second-order valence-corrected chi connectivity index (χ2v) is 5.27. The van der Waals surface area contributed by atoms with Crippen molar-refractivity contribution in [3.05, 3.63) is 59.1 Å². The van der Waals surface area contributed by atoms with E-state index in [-0.39, 0.29) is 0 Å². The molecule has 7 heteroatoms. The predicted octanol–water partition coefficient (Wildman–Crippen LogP) is 2.58. The van der Waals surface area contributed by atoms with Gasteiger partial charge >= 0.3 is 0 Å². The Labute approximate surface area is 144 Å². The number of benzene rings is 2. The summed E-state index contributed by atoms with van der Waals surface area (Å²) in [4.78, 5) is 23.9. The molecule has 126 valence electrons. The zero-order valence-electron chi connectivity index (χ0n) is 13.2. The molecule has 0 aliphatic rings. The minimum Gasteiger partial charge on any atom is -0.497 e. The summed E-state index contributed by atoms with van der Waals surface area (Å²) in [6.07, 6.45) is -0.832. The molecule has 0 aliphatic carbocycles. The maximum Gasteiger partial charge on any atom is 0.279 e. The zero-order valence-corrected chi connectivity index (χ0v) is 14.0. The summed E-state index contributed by atoms with van der Waals surface area (Å²) < 4.78 is 10.5. The van der Waals surface area contributed by atoms with Gasteiger partial charge in [-0.2, -0.15) is 0 Å². The second kappa shape index (κ2) is 8.21. The molecule has 0 aliphatic heterocycles. The van der Waals surface area contributed by atoms with Crippen molar-refractivity contribution in [3.63, 3.8) is 0 Å². The molecule has 0 heterocycles. The fourth-order valence-corrected chi connectivity index (χ4v) is 2.00. The fraction of sp³-hybridized carbons (Fsp3) is 0.176. The number of hydrazine groups is 1. The lowest BCUT2D eigenvalue weighted by Crippen LogP contribution is -2.47. The van der Waals surface area contributed by atoms with E-state index in [4.69, 9.17) is 21.1 Å². The van der Waals surface area contributed by atoms with Gasteiger partial charge in [-0.3, -0.25) is 20.4 Å². The molecule has 0 radical (unpaired) electrons. The van der Waals surface area contributed by atoms with Crippen LogP contribution >= 0.6 is 11.6 Å². The molecule has 1 atom stereocenters. The lowest BCUT2D eigenvalue weighted by molar-refractivity contribution is -0.128. The predicted molar refractivity (Wildman–Crippen MR) is 90.1 cm³/mol. The van der Waals surface area contributed by atoms with Crippen LogP contribution in [-0.2, 0) is 4.79 Å². The van der Waals surface area contributed by atoms with Gasteiger partial charge in [0, 0.05) is 5.56 Å². The summed E-state index contributed by atoms with van der Waals surface area (Å²) in [6.45, 7) is 1.55. The number of methoxy groups -OCH3 is 1. The number of ether oxygens (including phenoxy) is 2. The van der Waals surface area contributed by atoms with Crippen LogP contribution in [0, 0.1) is 0 Å². The van der Waals surface area contributed by atoms with Gasteiger partial charge in [-0.05, 0) is 43.3 Å². The molecule has 6 nitrogen and oxygen atoms in total. The topological polar surface area (TPSA) is 76.7 Å². The zero-order chi connectivity index (χ0) is 17.5. The van der Waals surface area contributed by atoms with Crippen molar-refractivity contribution in [3.8, 4) is 11.5 Å². The van der Waals surface area contributed by atoms with Gasteiger partial charge in [-0.1, -0.05) is 23.7 Å². The Morgan fingerprint density at radius 3 is 2.33 bits per heavy atom. The average molecular weight is 349 g/mol. The van der Waals surface area contributed by atoms with E-state index in [1.54, 1.807) is 55.5 Å². The summed E-state index contributed by atoms with van der Waals surface area (Å²) in [6, 6.07) is 13.3. The number of rotatable bonds is 5. The third kappa shape index (κ3) is 4.63. The number of hydrogen-bond donors (Lipinski definition) is 2. The van der Waals surface area contributed by atoms with Crippen LogP contribution in [0.2, 0.25) is 5.02 Å². The normalized spacial score (nSPS) is 11.3. The van der Waals surface area contributed by atoms with Gasteiger partial charge in [-0.25, -0.2) is 0 Å². The number of carbonyl (C=O) groups excluding carboxylic acids is 2. The molecule has 0 saturated heterocycles. The van der Waals surface area contributed by atoms with Gasteiger partial charge in [0.15, 0.2) is 6.10 Å². The van der Waals surface area contributed by atoms with E-state index in [0.29, 0.717) is 22.1 Å². The van der Waals surface area contributed by atoms with Crippen LogP contribution in [0.4, 0.5) is 0 Å².